The number of pyridine rings is 1. The molecule has 0 aliphatic carbocycles. The number of para-hydroxylation sites is 2. The van der Waals surface area contributed by atoms with Crippen LogP contribution in [0.3, 0.4) is 0 Å². The SMILES string of the molecule is Cc1c(C(=O)Cc2ccc3ccccc3n2)nnn1-c1ccccc1C#N. The van der Waals surface area contributed by atoms with Gasteiger partial charge in [-0.1, -0.05) is 41.6 Å². The summed E-state index contributed by atoms with van der Waals surface area (Å²) in [5, 5.41) is 18.4. The van der Waals surface area contributed by atoms with Crippen molar-refractivity contribution in [2.75, 3.05) is 0 Å². The van der Waals surface area contributed by atoms with Gasteiger partial charge in [-0.2, -0.15) is 5.26 Å². The number of carbonyl (C=O) groups excluding carboxylic acids is 1. The molecule has 4 rings (SSSR count). The van der Waals surface area contributed by atoms with Crippen molar-refractivity contribution < 1.29 is 4.79 Å². The van der Waals surface area contributed by atoms with Crippen molar-refractivity contribution in [2.24, 2.45) is 0 Å². The van der Waals surface area contributed by atoms with Crippen molar-refractivity contribution in [1.82, 2.24) is 20.0 Å². The number of nitrogens with zero attached hydrogens (tertiary/aromatic N) is 5. The van der Waals surface area contributed by atoms with Crippen LogP contribution < -0.4 is 0 Å². The lowest BCUT2D eigenvalue weighted by Gasteiger charge is -2.05. The normalized spacial score (nSPS) is 10.7. The fourth-order valence-electron chi connectivity index (χ4n) is 3.02. The number of aromatic nitrogens is 4. The minimum Gasteiger partial charge on any atom is -0.292 e. The summed E-state index contributed by atoms with van der Waals surface area (Å²) in [6, 6.07) is 20.8. The Kier molecular flexibility index (Phi) is 4.19. The van der Waals surface area contributed by atoms with Crippen LogP contribution >= 0.6 is 0 Å². The van der Waals surface area contributed by atoms with Gasteiger partial charge in [0.1, 0.15) is 6.07 Å². The number of ketones is 1. The van der Waals surface area contributed by atoms with Gasteiger partial charge in [0.2, 0.25) is 0 Å². The van der Waals surface area contributed by atoms with E-state index in [2.05, 4.69) is 21.4 Å². The predicted octanol–water partition coefficient (Wildman–Crippen LogP) is 3.42. The first kappa shape index (κ1) is 16.6. The summed E-state index contributed by atoms with van der Waals surface area (Å²) < 4.78 is 1.53. The molecule has 0 spiro atoms. The van der Waals surface area contributed by atoms with E-state index < -0.39 is 0 Å². The van der Waals surface area contributed by atoms with Gasteiger partial charge < -0.3 is 0 Å². The number of Topliss-reactive ketones (excluding diaryl/α,β-unsaturated/α-hetero) is 1. The number of nitriles is 1. The molecule has 4 aromatic rings. The van der Waals surface area contributed by atoms with Crippen molar-refractivity contribution in [1.29, 1.82) is 5.26 Å². The number of benzene rings is 2. The first-order valence-corrected chi connectivity index (χ1v) is 8.47. The van der Waals surface area contributed by atoms with E-state index in [1.807, 2.05) is 42.5 Å². The maximum absolute atomic E-state index is 12.7. The van der Waals surface area contributed by atoms with Crippen LogP contribution in [0, 0.1) is 18.3 Å². The van der Waals surface area contributed by atoms with E-state index in [4.69, 9.17) is 0 Å². The maximum Gasteiger partial charge on any atom is 0.190 e. The number of rotatable bonds is 4. The highest BCUT2D eigenvalue weighted by molar-refractivity contribution is 5.96. The Morgan fingerprint density at radius 1 is 1.07 bits per heavy atom. The molecular formula is C21H15N5O. The lowest BCUT2D eigenvalue weighted by Crippen LogP contribution is -2.08. The highest BCUT2D eigenvalue weighted by atomic mass is 16.1. The zero-order valence-corrected chi connectivity index (χ0v) is 14.6. The predicted molar refractivity (Wildman–Crippen MR) is 101 cm³/mol. The van der Waals surface area contributed by atoms with Crippen molar-refractivity contribution in [3.05, 3.63) is 83.3 Å². The number of hydrogen-bond acceptors (Lipinski definition) is 5. The minimum absolute atomic E-state index is 0.143. The Bertz CT molecular complexity index is 1200. The van der Waals surface area contributed by atoms with E-state index in [-0.39, 0.29) is 17.9 Å². The second-order valence-corrected chi connectivity index (χ2v) is 6.16. The van der Waals surface area contributed by atoms with Crippen molar-refractivity contribution in [3.63, 3.8) is 0 Å². The molecule has 0 bridgehead atoms. The third kappa shape index (κ3) is 3.07. The van der Waals surface area contributed by atoms with Gasteiger partial charge >= 0.3 is 0 Å². The molecule has 0 fully saturated rings. The van der Waals surface area contributed by atoms with Crippen LogP contribution in [0.2, 0.25) is 0 Å². The molecule has 6 heteroatoms. The Morgan fingerprint density at radius 3 is 2.70 bits per heavy atom. The molecule has 0 aliphatic rings. The van der Waals surface area contributed by atoms with E-state index in [0.29, 0.717) is 22.6 Å². The Morgan fingerprint density at radius 2 is 1.85 bits per heavy atom. The van der Waals surface area contributed by atoms with Crippen LogP contribution in [0.25, 0.3) is 16.6 Å². The van der Waals surface area contributed by atoms with Crippen LogP contribution in [0.4, 0.5) is 0 Å². The van der Waals surface area contributed by atoms with Gasteiger partial charge in [-0.05, 0) is 31.2 Å². The topological polar surface area (TPSA) is 84.5 Å². The molecule has 0 radical (unpaired) electrons. The van der Waals surface area contributed by atoms with Crippen LogP contribution in [-0.4, -0.2) is 25.8 Å². The highest BCUT2D eigenvalue weighted by Crippen LogP contribution is 2.18. The molecule has 130 valence electrons. The molecule has 0 saturated carbocycles. The molecule has 2 aromatic heterocycles. The maximum atomic E-state index is 12.7. The lowest BCUT2D eigenvalue weighted by molar-refractivity contribution is 0.0986. The summed E-state index contributed by atoms with van der Waals surface area (Å²) in [6.45, 7) is 1.77. The minimum atomic E-state index is -0.157. The Labute approximate surface area is 155 Å². The van der Waals surface area contributed by atoms with Crippen LogP contribution in [0.5, 0.6) is 0 Å². The largest absolute Gasteiger partial charge is 0.292 e. The summed E-state index contributed by atoms with van der Waals surface area (Å²) in [7, 11) is 0. The average Bonchev–Trinajstić information content (AvgIpc) is 3.09. The molecule has 6 nitrogen and oxygen atoms in total. The fraction of sp³-hybridized carbons (Fsp3) is 0.0952. The smallest absolute Gasteiger partial charge is 0.190 e. The van der Waals surface area contributed by atoms with Crippen molar-refractivity contribution >= 4 is 16.7 Å². The quantitative estimate of drug-likeness (QED) is 0.525. The fourth-order valence-corrected chi connectivity index (χ4v) is 3.02. The molecule has 2 aromatic carbocycles. The number of hydrogen-bond donors (Lipinski definition) is 0. The highest BCUT2D eigenvalue weighted by Gasteiger charge is 2.19. The molecule has 0 amide bonds. The molecule has 0 aliphatic heterocycles. The van der Waals surface area contributed by atoms with Gasteiger partial charge in [-0.3, -0.25) is 9.78 Å². The Hall–Kier alpha value is -3.85. The van der Waals surface area contributed by atoms with E-state index in [1.54, 1.807) is 25.1 Å². The standard InChI is InChI=1S/C21H15N5O/c1-14-21(24-25-26(14)19-9-5-3-7-16(19)13-22)20(27)12-17-11-10-15-6-2-4-8-18(15)23-17/h2-11H,12H2,1H3. The molecule has 0 saturated heterocycles. The monoisotopic (exact) mass is 353 g/mol. The summed E-state index contributed by atoms with van der Waals surface area (Å²) in [5.74, 6) is -0.157. The van der Waals surface area contributed by atoms with Gasteiger partial charge in [0.15, 0.2) is 11.5 Å². The zero-order valence-electron chi connectivity index (χ0n) is 14.6. The third-order valence-corrected chi connectivity index (χ3v) is 4.41. The summed E-state index contributed by atoms with van der Waals surface area (Å²) in [5.41, 5.74) is 3.51. The second-order valence-electron chi connectivity index (χ2n) is 6.16. The van der Waals surface area contributed by atoms with E-state index in [0.717, 1.165) is 10.9 Å². The summed E-state index contributed by atoms with van der Waals surface area (Å²) in [6.07, 6.45) is 0.143. The summed E-state index contributed by atoms with van der Waals surface area (Å²) >= 11 is 0. The second kappa shape index (κ2) is 6.81. The average molecular weight is 353 g/mol. The van der Waals surface area contributed by atoms with Gasteiger partial charge in [0.05, 0.1) is 28.9 Å². The number of fused-ring (bicyclic) bond motifs is 1. The van der Waals surface area contributed by atoms with Crippen LogP contribution in [0.1, 0.15) is 27.4 Å². The van der Waals surface area contributed by atoms with E-state index in [1.165, 1.54) is 4.68 Å². The van der Waals surface area contributed by atoms with Gasteiger partial charge in [-0.25, -0.2) is 4.68 Å². The van der Waals surface area contributed by atoms with E-state index in [9.17, 15) is 10.1 Å². The van der Waals surface area contributed by atoms with Gasteiger partial charge in [0, 0.05) is 11.1 Å². The van der Waals surface area contributed by atoms with Crippen molar-refractivity contribution in [3.8, 4) is 11.8 Å². The van der Waals surface area contributed by atoms with Crippen LogP contribution in [-0.2, 0) is 6.42 Å². The van der Waals surface area contributed by atoms with Gasteiger partial charge in [0.25, 0.3) is 0 Å². The first-order valence-electron chi connectivity index (χ1n) is 8.47. The van der Waals surface area contributed by atoms with Crippen molar-refractivity contribution in [2.45, 2.75) is 13.3 Å². The molecule has 0 atom stereocenters. The molecular weight excluding hydrogens is 338 g/mol. The zero-order chi connectivity index (χ0) is 18.8. The number of carbonyl (C=O) groups is 1. The molecule has 0 unspecified atom stereocenters. The molecule has 2 heterocycles. The summed E-state index contributed by atoms with van der Waals surface area (Å²) in [4.78, 5) is 17.3. The van der Waals surface area contributed by atoms with E-state index >= 15 is 0 Å². The molecule has 27 heavy (non-hydrogen) atoms. The third-order valence-electron chi connectivity index (χ3n) is 4.41. The molecule has 0 N–H and O–H groups in total. The lowest BCUT2D eigenvalue weighted by atomic mass is 10.1. The first-order chi connectivity index (χ1) is 13.2. The van der Waals surface area contributed by atoms with Gasteiger partial charge in [-0.15, -0.1) is 5.10 Å². The Balaban J connectivity index is 1.64. The van der Waals surface area contributed by atoms with Crippen LogP contribution in [0.15, 0.2) is 60.7 Å².